The van der Waals surface area contributed by atoms with Gasteiger partial charge in [0.2, 0.25) is 5.95 Å². The zero-order valence-electron chi connectivity index (χ0n) is 14.8. The van der Waals surface area contributed by atoms with Gasteiger partial charge < -0.3 is 14.4 Å². The summed E-state index contributed by atoms with van der Waals surface area (Å²) in [6, 6.07) is 10.4. The maximum absolute atomic E-state index is 4.63. The Morgan fingerprint density at radius 1 is 1.17 bits per heavy atom. The molecule has 3 aliphatic rings. The van der Waals surface area contributed by atoms with Gasteiger partial charge in [-0.15, -0.1) is 0 Å². The highest BCUT2D eigenvalue weighted by Gasteiger charge is 2.63. The maximum atomic E-state index is 4.63. The first kappa shape index (κ1) is 14.4. The molecule has 1 aromatic carbocycles. The number of anilines is 2. The second-order valence-corrected chi connectivity index (χ2v) is 7.89. The van der Waals surface area contributed by atoms with Crippen molar-refractivity contribution < 1.29 is 0 Å². The summed E-state index contributed by atoms with van der Waals surface area (Å²) < 4.78 is 2.42. The first-order valence-electron chi connectivity index (χ1n) is 9.26. The standard InChI is InChI=1S/C20H26N4/c1-14-8-4-5-9-16(14)24-15(2)17-18(20(24)10-6-7-11-20)22(3)19-21-12-13-23(17)19/h4-5,8-9,12-13,15,17-18H,6-7,10-11H2,1-3H3. The quantitative estimate of drug-likeness (QED) is 0.799. The Balaban J connectivity index is 1.70. The van der Waals surface area contributed by atoms with Crippen molar-refractivity contribution in [1.82, 2.24) is 9.55 Å². The highest BCUT2D eigenvalue weighted by molar-refractivity contribution is 5.62. The van der Waals surface area contributed by atoms with Crippen molar-refractivity contribution >= 4 is 11.6 Å². The van der Waals surface area contributed by atoms with Gasteiger partial charge in [0.25, 0.3) is 0 Å². The van der Waals surface area contributed by atoms with Gasteiger partial charge >= 0.3 is 0 Å². The molecule has 5 rings (SSSR count). The molecule has 4 heteroatoms. The highest BCUT2D eigenvalue weighted by Crippen LogP contribution is 2.57. The summed E-state index contributed by atoms with van der Waals surface area (Å²) >= 11 is 0. The maximum Gasteiger partial charge on any atom is 0.205 e. The second kappa shape index (κ2) is 4.78. The van der Waals surface area contributed by atoms with Crippen LogP contribution in [0, 0.1) is 6.92 Å². The van der Waals surface area contributed by atoms with Crippen molar-refractivity contribution in [3.63, 3.8) is 0 Å². The van der Waals surface area contributed by atoms with E-state index < -0.39 is 0 Å². The van der Waals surface area contributed by atoms with E-state index in [1.165, 1.54) is 36.9 Å². The minimum Gasteiger partial charge on any atom is -0.359 e. The van der Waals surface area contributed by atoms with Crippen molar-refractivity contribution in [2.75, 3.05) is 16.8 Å². The number of likely N-dealkylation sites (N-methyl/N-ethyl adjacent to an activating group) is 1. The molecule has 3 heterocycles. The van der Waals surface area contributed by atoms with Gasteiger partial charge in [0.05, 0.1) is 17.6 Å². The number of hydrogen-bond donors (Lipinski definition) is 0. The number of fused-ring (bicyclic) bond motifs is 4. The van der Waals surface area contributed by atoms with Gasteiger partial charge in [-0.25, -0.2) is 4.98 Å². The van der Waals surface area contributed by atoms with E-state index in [1.807, 2.05) is 6.20 Å². The molecule has 1 saturated carbocycles. The highest BCUT2D eigenvalue weighted by atomic mass is 15.5. The Kier molecular flexibility index (Phi) is 2.86. The van der Waals surface area contributed by atoms with Gasteiger partial charge in [0.15, 0.2) is 0 Å². The van der Waals surface area contributed by atoms with Crippen LogP contribution in [0.4, 0.5) is 11.6 Å². The largest absolute Gasteiger partial charge is 0.359 e. The summed E-state index contributed by atoms with van der Waals surface area (Å²) in [4.78, 5) is 9.88. The van der Waals surface area contributed by atoms with E-state index in [4.69, 9.17) is 0 Å². The molecule has 2 aromatic rings. The Bertz CT molecular complexity index is 773. The van der Waals surface area contributed by atoms with E-state index in [-0.39, 0.29) is 5.54 Å². The average molecular weight is 322 g/mol. The summed E-state index contributed by atoms with van der Waals surface area (Å²) in [7, 11) is 2.25. The SMILES string of the molecule is Cc1ccccc1N1C(C)C2C(N(C)c3nccn32)C12CCCC2. The van der Waals surface area contributed by atoms with Crippen molar-refractivity contribution in [1.29, 1.82) is 0 Å². The Morgan fingerprint density at radius 2 is 1.92 bits per heavy atom. The molecular formula is C20H26N4. The smallest absolute Gasteiger partial charge is 0.205 e. The van der Waals surface area contributed by atoms with Crippen LogP contribution in [0.2, 0.25) is 0 Å². The Morgan fingerprint density at radius 3 is 2.67 bits per heavy atom. The second-order valence-electron chi connectivity index (χ2n) is 7.89. The first-order chi connectivity index (χ1) is 11.6. The van der Waals surface area contributed by atoms with E-state index >= 15 is 0 Å². The summed E-state index contributed by atoms with van der Waals surface area (Å²) in [6.45, 7) is 4.67. The predicted molar refractivity (Wildman–Crippen MR) is 97.8 cm³/mol. The van der Waals surface area contributed by atoms with Crippen molar-refractivity contribution in [2.24, 2.45) is 0 Å². The molecule has 0 radical (unpaired) electrons. The van der Waals surface area contributed by atoms with Crippen molar-refractivity contribution in [3.05, 3.63) is 42.2 Å². The lowest BCUT2D eigenvalue weighted by molar-refractivity contribution is 0.362. The summed E-state index contributed by atoms with van der Waals surface area (Å²) in [5.41, 5.74) is 3.06. The summed E-state index contributed by atoms with van der Waals surface area (Å²) in [5.74, 6) is 1.15. The van der Waals surface area contributed by atoms with Gasteiger partial charge in [-0.3, -0.25) is 0 Å². The van der Waals surface area contributed by atoms with Crippen LogP contribution in [0.25, 0.3) is 0 Å². The zero-order valence-corrected chi connectivity index (χ0v) is 14.8. The monoisotopic (exact) mass is 322 g/mol. The predicted octanol–water partition coefficient (Wildman–Crippen LogP) is 3.77. The number of aryl methyl sites for hydroxylation is 1. The fraction of sp³-hybridized carbons (Fsp3) is 0.550. The molecule has 2 aliphatic heterocycles. The van der Waals surface area contributed by atoms with E-state index in [9.17, 15) is 0 Å². The molecule has 0 bridgehead atoms. The number of hydrogen-bond acceptors (Lipinski definition) is 3. The molecule has 0 amide bonds. The lowest BCUT2D eigenvalue weighted by Gasteiger charge is -2.44. The summed E-state index contributed by atoms with van der Waals surface area (Å²) in [6.07, 6.45) is 9.40. The number of imidazole rings is 1. The molecular weight excluding hydrogens is 296 g/mol. The minimum absolute atomic E-state index is 0.242. The average Bonchev–Trinajstić information content (AvgIpc) is 3.30. The van der Waals surface area contributed by atoms with Crippen LogP contribution in [0.3, 0.4) is 0 Å². The van der Waals surface area contributed by atoms with Crippen LogP contribution in [-0.4, -0.2) is 34.2 Å². The number of nitrogens with zero attached hydrogens (tertiary/aromatic N) is 4. The fourth-order valence-corrected chi connectivity index (χ4v) is 6.01. The topological polar surface area (TPSA) is 24.3 Å². The van der Waals surface area contributed by atoms with Crippen molar-refractivity contribution in [2.45, 2.75) is 63.2 Å². The number of aromatic nitrogens is 2. The summed E-state index contributed by atoms with van der Waals surface area (Å²) in [5, 5.41) is 0. The van der Waals surface area contributed by atoms with Crippen LogP contribution >= 0.6 is 0 Å². The lowest BCUT2D eigenvalue weighted by Crippen LogP contribution is -2.55. The molecule has 1 aromatic heterocycles. The molecule has 1 spiro atoms. The van der Waals surface area contributed by atoms with Crippen LogP contribution in [0.1, 0.15) is 44.2 Å². The van der Waals surface area contributed by atoms with Gasteiger partial charge in [0, 0.05) is 31.2 Å². The Hall–Kier alpha value is -1.97. The number of para-hydroxylation sites is 1. The normalized spacial score (nSPS) is 30.2. The molecule has 2 fully saturated rings. The first-order valence-corrected chi connectivity index (χ1v) is 9.26. The van der Waals surface area contributed by atoms with E-state index in [2.05, 4.69) is 70.7 Å². The number of rotatable bonds is 1. The lowest BCUT2D eigenvalue weighted by atomic mass is 9.86. The van der Waals surface area contributed by atoms with E-state index in [1.54, 1.807) is 0 Å². The number of benzene rings is 1. The van der Waals surface area contributed by atoms with Gasteiger partial charge in [-0.2, -0.15) is 0 Å². The third kappa shape index (κ3) is 1.57. The molecule has 126 valence electrons. The van der Waals surface area contributed by atoms with Gasteiger partial charge in [-0.1, -0.05) is 31.0 Å². The third-order valence-corrected chi connectivity index (χ3v) is 6.80. The molecule has 3 atom stereocenters. The molecule has 4 nitrogen and oxygen atoms in total. The van der Waals surface area contributed by atoms with Crippen LogP contribution in [0.5, 0.6) is 0 Å². The molecule has 1 aliphatic carbocycles. The van der Waals surface area contributed by atoms with Gasteiger partial charge in [-0.05, 0) is 38.3 Å². The molecule has 0 N–H and O–H groups in total. The van der Waals surface area contributed by atoms with Crippen LogP contribution in [-0.2, 0) is 0 Å². The fourth-order valence-electron chi connectivity index (χ4n) is 6.01. The van der Waals surface area contributed by atoms with Crippen LogP contribution in [0.15, 0.2) is 36.7 Å². The van der Waals surface area contributed by atoms with Crippen LogP contribution < -0.4 is 9.80 Å². The third-order valence-electron chi connectivity index (χ3n) is 6.80. The molecule has 1 saturated heterocycles. The molecule has 24 heavy (non-hydrogen) atoms. The van der Waals surface area contributed by atoms with E-state index in [0.29, 0.717) is 18.1 Å². The Labute approximate surface area is 144 Å². The van der Waals surface area contributed by atoms with Crippen molar-refractivity contribution in [3.8, 4) is 0 Å². The zero-order chi connectivity index (χ0) is 16.5. The minimum atomic E-state index is 0.242. The van der Waals surface area contributed by atoms with Gasteiger partial charge in [0.1, 0.15) is 0 Å². The molecule has 3 unspecified atom stereocenters. The van der Waals surface area contributed by atoms with E-state index in [0.717, 1.165) is 5.95 Å².